The zero-order valence-electron chi connectivity index (χ0n) is 17.0. The average molecular weight is 449 g/mol. The van der Waals surface area contributed by atoms with Crippen molar-refractivity contribution in [3.63, 3.8) is 0 Å². The summed E-state index contributed by atoms with van der Waals surface area (Å²) in [4.78, 5) is 25.2. The van der Waals surface area contributed by atoms with Gasteiger partial charge in [0.1, 0.15) is 5.82 Å². The lowest BCUT2D eigenvalue weighted by Gasteiger charge is -2.10. The number of nitrogens with zero attached hydrogens (tertiary/aromatic N) is 2. The smallest absolute Gasteiger partial charge is 0.276 e. The molecule has 6 nitrogen and oxygen atoms in total. The number of halogens is 2. The van der Waals surface area contributed by atoms with Gasteiger partial charge in [0, 0.05) is 23.0 Å². The van der Waals surface area contributed by atoms with Crippen molar-refractivity contribution in [1.82, 2.24) is 9.78 Å². The molecular formula is C24H18ClFN4O2. The second-order valence-electron chi connectivity index (χ2n) is 7.05. The number of amides is 2. The number of rotatable bonds is 5. The van der Waals surface area contributed by atoms with E-state index < -0.39 is 5.91 Å². The maximum Gasteiger partial charge on any atom is 0.276 e. The number of hydrogen-bond donors (Lipinski definition) is 2. The highest BCUT2D eigenvalue weighted by molar-refractivity contribution is 6.34. The van der Waals surface area contributed by atoms with Gasteiger partial charge in [0.15, 0.2) is 5.69 Å². The maximum absolute atomic E-state index is 13.2. The minimum Gasteiger partial charge on any atom is -0.321 e. The fourth-order valence-corrected chi connectivity index (χ4v) is 3.25. The van der Waals surface area contributed by atoms with Gasteiger partial charge >= 0.3 is 0 Å². The second-order valence-corrected chi connectivity index (χ2v) is 7.46. The van der Waals surface area contributed by atoms with E-state index in [2.05, 4.69) is 15.7 Å². The summed E-state index contributed by atoms with van der Waals surface area (Å²) in [7, 11) is 0. The van der Waals surface area contributed by atoms with Crippen LogP contribution in [-0.4, -0.2) is 21.6 Å². The van der Waals surface area contributed by atoms with E-state index in [9.17, 15) is 14.0 Å². The van der Waals surface area contributed by atoms with Gasteiger partial charge in [-0.3, -0.25) is 9.59 Å². The fraction of sp³-hybridized carbons (Fsp3) is 0.0417. The van der Waals surface area contributed by atoms with Gasteiger partial charge in [-0.05, 0) is 61.5 Å². The topological polar surface area (TPSA) is 76.0 Å². The van der Waals surface area contributed by atoms with Crippen LogP contribution < -0.4 is 10.6 Å². The highest BCUT2D eigenvalue weighted by Crippen LogP contribution is 2.26. The summed E-state index contributed by atoms with van der Waals surface area (Å²) >= 11 is 6.22. The number of hydrogen-bond acceptors (Lipinski definition) is 3. The molecule has 3 aromatic carbocycles. The van der Waals surface area contributed by atoms with E-state index in [1.165, 1.54) is 16.8 Å². The van der Waals surface area contributed by atoms with Crippen molar-refractivity contribution >= 4 is 34.8 Å². The number of nitrogens with one attached hydrogen (secondary N) is 2. The molecule has 0 aliphatic carbocycles. The van der Waals surface area contributed by atoms with Crippen LogP contribution in [-0.2, 0) is 0 Å². The lowest BCUT2D eigenvalue weighted by molar-refractivity contribution is 0.101. The van der Waals surface area contributed by atoms with Crippen LogP contribution in [0.15, 0.2) is 79.0 Å². The Morgan fingerprint density at radius 3 is 2.38 bits per heavy atom. The molecule has 1 aromatic heterocycles. The third-order valence-electron chi connectivity index (χ3n) is 4.71. The zero-order valence-corrected chi connectivity index (χ0v) is 17.7. The van der Waals surface area contributed by atoms with Gasteiger partial charge in [-0.1, -0.05) is 29.8 Å². The van der Waals surface area contributed by atoms with Crippen LogP contribution in [0.4, 0.5) is 15.8 Å². The van der Waals surface area contributed by atoms with Gasteiger partial charge in [-0.2, -0.15) is 5.10 Å². The van der Waals surface area contributed by atoms with Gasteiger partial charge in [0.25, 0.3) is 11.8 Å². The summed E-state index contributed by atoms with van der Waals surface area (Å²) in [5.74, 6) is -1.09. The van der Waals surface area contributed by atoms with Crippen molar-refractivity contribution in [3.8, 4) is 5.69 Å². The second kappa shape index (κ2) is 9.03. The lowest BCUT2D eigenvalue weighted by Crippen LogP contribution is -2.15. The molecule has 1 heterocycles. The van der Waals surface area contributed by atoms with E-state index in [0.29, 0.717) is 33.2 Å². The average Bonchev–Trinajstić information content (AvgIpc) is 3.19. The van der Waals surface area contributed by atoms with Gasteiger partial charge in [0.2, 0.25) is 0 Å². The molecule has 8 heteroatoms. The first kappa shape index (κ1) is 21.3. The largest absolute Gasteiger partial charge is 0.321 e. The highest BCUT2D eigenvalue weighted by atomic mass is 35.5. The van der Waals surface area contributed by atoms with Crippen LogP contribution in [0.5, 0.6) is 0 Å². The Hall–Kier alpha value is -3.97. The van der Waals surface area contributed by atoms with Crippen LogP contribution in [0.1, 0.15) is 26.4 Å². The summed E-state index contributed by atoms with van der Waals surface area (Å²) in [5.41, 5.74) is 2.80. The molecule has 0 fully saturated rings. The Labute approximate surface area is 188 Å². The van der Waals surface area contributed by atoms with Crippen LogP contribution in [0.25, 0.3) is 5.69 Å². The summed E-state index contributed by atoms with van der Waals surface area (Å²) in [6, 6.07) is 19.3. The third-order valence-corrected chi connectivity index (χ3v) is 5.04. The molecule has 0 aliphatic rings. The zero-order chi connectivity index (χ0) is 22.7. The SMILES string of the molecule is Cc1cn(-c2ccc(F)cc2)nc1C(=O)Nc1ccc(Cl)c(NC(=O)c2ccccc2)c1. The van der Waals surface area contributed by atoms with Crippen molar-refractivity contribution < 1.29 is 14.0 Å². The number of benzene rings is 3. The molecule has 2 N–H and O–H groups in total. The molecule has 0 saturated carbocycles. The number of aryl methyl sites for hydroxylation is 1. The molecule has 160 valence electrons. The van der Waals surface area contributed by atoms with Crippen LogP contribution in [0.2, 0.25) is 5.02 Å². The molecule has 0 saturated heterocycles. The first-order valence-corrected chi connectivity index (χ1v) is 10.1. The van der Waals surface area contributed by atoms with Gasteiger partial charge in [-0.25, -0.2) is 9.07 Å². The van der Waals surface area contributed by atoms with E-state index in [1.807, 2.05) is 6.07 Å². The Morgan fingerprint density at radius 2 is 1.66 bits per heavy atom. The van der Waals surface area contributed by atoms with Crippen molar-refractivity contribution in [2.75, 3.05) is 10.6 Å². The number of carbonyl (C=O) groups excluding carboxylic acids is 2. The van der Waals surface area contributed by atoms with Gasteiger partial charge in [-0.15, -0.1) is 0 Å². The molecule has 0 aliphatic heterocycles. The Balaban J connectivity index is 1.52. The number of carbonyl (C=O) groups is 2. The lowest BCUT2D eigenvalue weighted by atomic mass is 10.2. The molecule has 2 amide bonds. The van der Waals surface area contributed by atoms with Crippen molar-refractivity contribution in [1.29, 1.82) is 0 Å². The quantitative estimate of drug-likeness (QED) is 0.424. The summed E-state index contributed by atoms with van der Waals surface area (Å²) < 4.78 is 14.7. The van der Waals surface area contributed by atoms with Gasteiger partial charge in [0.05, 0.1) is 16.4 Å². The summed E-state index contributed by atoms with van der Waals surface area (Å²) in [5, 5.41) is 10.2. The molecule has 4 aromatic rings. The predicted octanol–water partition coefficient (Wildman–Crippen LogP) is 5.48. The van der Waals surface area contributed by atoms with Gasteiger partial charge < -0.3 is 10.6 Å². The molecule has 0 bridgehead atoms. The van der Waals surface area contributed by atoms with Crippen molar-refractivity contribution in [3.05, 3.63) is 107 Å². The van der Waals surface area contributed by atoms with E-state index in [1.54, 1.807) is 67.7 Å². The standard InChI is InChI=1S/C24H18ClFN4O2/c1-15-14-30(19-10-7-17(26)8-11-19)29-22(15)24(32)27-18-9-12-20(25)21(13-18)28-23(31)16-5-3-2-4-6-16/h2-14H,1H3,(H,27,32)(H,28,31). The summed E-state index contributed by atoms with van der Waals surface area (Å²) in [6.07, 6.45) is 1.69. The summed E-state index contributed by atoms with van der Waals surface area (Å²) in [6.45, 7) is 1.76. The predicted molar refractivity (Wildman–Crippen MR) is 122 cm³/mol. The minimum absolute atomic E-state index is 0.221. The molecule has 4 rings (SSSR count). The van der Waals surface area contributed by atoms with E-state index in [0.717, 1.165) is 0 Å². The van der Waals surface area contributed by atoms with E-state index >= 15 is 0 Å². The number of anilines is 2. The third kappa shape index (κ3) is 4.68. The van der Waals surface area contributed by atoms with Crippen LogP contribution in [0.3, 0.4) is 0 Å². The minimum atomic E-state index is -0.425. The Kier molecular flexibility index (Phi) is 6.00. The molecule has 0 radical (unpaired) electrons. The highest BCUT2D eigenvalue weighted by Gasteiger charge is 2.16. The van der Waals surface area contributed by atoms with Crippen LogP contribution >= 0.6 is 11.6 Å². The molecule has 32 heavy (non-hydrogen) atoms. The van der Waals surface area contributed by atoms with E-state index in [4.69, 9.17) is 11.6 Å². The molecule has 0 spiro atoms. The normalized spacial score (nSPS) is 10.6. The van der Waals surface area contributed by atoms with Crippen molar-refractivity contribution in [2.45, 2.75) is 6.92 Å². The van der Waals surface area contributed by atoms with Crippen molar-refractivity contribution in [2.24, 2.45) is 0 Å². The molecule has 0 unspecified atom stereocenters. The first-order chi connectivity index (χ1) is 15.4. The fourth-order valence-electron chi connectivity index (χ4n) is 3.08. The van der Waals surface area contributed by atoms with Crippen LogP contribution in [0, 0.1) is 12.7 Å². The van der Waals surface area contributed by atoms with E-state index in [-0.39, 0.29) is 17.4 Å². The Bertz CT molecular complexity index is 1290. The molecule has 0 atom stereocenters. The first-order valence-electron chi connectivity index (χ1n) is 9.70. The Morgan fingerprint density at radius 1 is 0.938 bits per heavy atom. The monoisotopic (exact) mass is 448 g/mol. The molecular weight excluding hydrogens is 431 g/mol. The maximum atomic E-state index is 13.2. The number of aromatic nitrogens is 2.